The van der Waals surface area contributed by atoms with Crippen LogP contribution in [0.3, 0.4) is 0 Å². The molecule has 0 unspecified atom stereocenters. The zero-order chi connectivity index (χ0) is 15.0. The van der Waals surface area contributed by atoms with Gasteiger partial charge in [-0.15, -0.1) is 0 Å². The summed E-state index contributed by atoms with van der Waals surface area (Å²) >= 11 is 5.13. The predicted molar refractivity (Wildman–Crippen MR) is 48.1 cm³/mol. The van der Waals surface area contributed by atoms with Crippen molar-refractivity contribution in [3.05, 3.63) is 28.3 Å². The number of ether oxygens (including phenoxy) is 1. The molecule has 0 saturated heterocycles. The number of benzene rings is 1. The molecule has 0 spiro atoms. The second-order valence-electron chi connectivity index (χ2n) is 3.21. The van der Waals surface area contributed by atoms with Crippen LogP contribution in [0.25, 0.3) is 0 Å². The Hall–Kier alpha value is -1.25. The van der Waals surface area contributed by atoms with Crippen molar-refractivity contribution < 1.29 is 39.9 Å². The van der Waals surface area contributed by atoms with Crippen molar-refractivity contribution in [1.29, 1.82) is 0 Å². The third-order valence-corrected chi connectivity index (χ3v) is 2.16. The molecule has 0 N–H and O–H groups in total. The molecule has 108 valence electrons. The minimum atomic E-state index is -5.32. The minimum Gasteiger partial charge on any atom is -0.433 e. The molecule has 0 heterocycles. The maximum absolute atomic E-state index is 12.5. The van der Waals surface area contributed by atoms with E-state index >= 15 is 0 Å². The summed E-state index contributed by atoms with van der Waals surface area (Å²) in [7, 11) is 0. The van der Waals surface area contributed by atoms with E-state index in [-0.39, 0.29) is 12.1 Å². The first-order valence-corrected chi connectivity index (χ1v) is 4.73. The molecule has 0 aliphatic carbocycles. The summed E-state index contributed by atoms with van der Waals surface area (Å²) in [6, 6.07) is -0.266. The normalized spacial score (nSPS) is 12.9. The predicted octanol–water partition coefficient (Wildman–Crippen LogP) is 4.98. The van der Waals surface area contributed by atoms with Gasteiger partial charge in [-0.1, -0.05) is 11.6 Å². The molecule has 19 heavy (non-hydrogen) atoms. The van der Waals surface area contributed by atoms with Crippen molar-refractivity contribution in [2.24, 2.45) is 0 Å². The van der Waals surface area contributed by atoms with E-state index in [1.54, 1.807) is 0 Å². The topological polar surface area (TPSA) is 9.23 Å². The highest BCUT2D eigenvalue weighted by Gasteiger charge is 2.40. The molecule has 0 aromatic heterocycles. The summed E-state index contributed by atoms with van der Waals surface area (Å²) < 4.78 is 102. The Balaban J connectivity index is 3.48. The molecule has 1 rings (SSSR count). The van der Waals surface area contributed by atoms with Crippen LogP contribution in [0.1, 0.15) is 11.1 Å². The van der Waals surface area contributed by atoms with Crippen LogP contribution in [0.5, 0.6) is 5.75 Å². The van der Waals surface area contributed by atoms with E-state index in [9.17, 15) is 35.1 Å². The van der Waals surface area contributed by atoms with Crippen LogP contribution in [0.15, 0.2) is 12.1 Å². The van der Waals surface area contributed by atoms with Gasteiger partial charge < -0.3 is 4.74 Å². The SMILES string of the molecule is FC(F)Oc1c(Cl)cc(C(F)(F)F)cc1C(F)(F)F. The van der Waals surface area contributed by atoms with Crippen LogP contribution in [0.2, 0.25) is 5.02 Å². The lowest BCUT2D eigenvalue weighted by atomic mass is 10.1. The Morgan fingerprint density at radius 1 is 0.947 bits per heavy atom. The molecule has 1 aromatic rings. The Morgan fingerprint density at radius 3 is 1.84 bits per heavy atom. The molecule has 1 aromatic carbocycles. The van der Waals surface area contributed by atoms with E-state index in [2.05, 4.69) is 4.74 Å². The largest absolute Gasteiger partial charge is 0.433 e. The number of alkyl halides is 8. The van der Waals surface area contributed by atoms with Gasteiger partial charge in [0.1, 0.15) is 0 Å². The van der Waals surface area contributed by atoms with Crippen molar-refractivity contribution in [2.45, 2.75) is 19.0 Å². The van der Waals surface area contributed by atoms with Gasteiger partial charge in [0.2, 0.25) is 0 Å². The van der Waals surface area contributed by atoms with E-state index in [1.807, 2.05) is 0 Å². The van der Waals surface area contributed by atoms with Crippen molar-refractivity contribution in [2.75, 3.05) is 0 Å². The smallest absolute Gasteiger partial charge is 0.420 e. The second-order valence-corrected chi connectivity index (χ2v) is 3.62. The van der Waals surface area contributed by atoms with Gasteiger partial charge in [0.25, 0.3) is 0 Å². The van der Waals surface area contributed by atoms with Crippen LogP contribution >= 0.6 is 11.6 Å². The van der Waals surface area contributed by atoms with Crippen molar-refractivity contribution in [3.63, 3.8) is 0 Å². The summed E-state index contributed by atoms with van der Waals surface area (Å²) in [4.78, 5) is 0. The highest BCUT2D eigenvalue weighted by Crippen LogP contribution is 2.44. The summed E-state index contributed by atoms with van der Waals surface area (Å²) in [5.74, 6) is -1.54. The first kappa shape index (κ1) is 15.8. The first-order valence-electron chi connectivity index (χ1n) is 4.35. The number of hydrogen-bond acceptors (Lipinski definition) is 1. The van der Waals surface area contributed by atoms with Crippen molar-refractivity contribution in [1.82, 2.24) is 0 Å². The van der Waals surface area contributed by atoms with Gasteiger partial charge in [0.05, 0.1) is 16.1 Å². The summed E-state index contributed by atoms with van der Waals surface area (Å²) in [5, 5.41) is -1.21. The Kier molecular flexibility index (Phi) is 4.18. The molecule has 10 heteroatoms. The van der Waals surface area contributed by atoms with Gasteiger partial charge in [-0.2, -0.15) is 35.1 Å². The van der Waals surface area contributed by atoms with Gasteiger partial charge in [-0.05, 0) is 12.1 Å². The summed E-state index contributed by atoms with van der Waals surface area (Å²) in [6.07, 6.45) is -10.4. The summed E-state index contributed by atoms with van der Waals surface area (Å²) in [5.41, 5.74) is -3.74. The van der Waals surface area contributed by atoms with Crippen LogP contribution in [0.4, 0.5) is 35.1 Å². The molecule has 0 fully saturated rings. The first-order chi connectivity index (χ1) is 8.43. The molecule has 0 amide bonds. The van der Waals surface area contributed by atoms with Crippen molar-refractivity contribution >= 4 is 11.6 Å². The zero-order valence-corrected chi connectivity index (χ0v) is 9.30. The molecule has 0 bridgehead atoms. The number of rotatable bonds is 2. The molecular formula is C9H3ClF8O. The van der Waals surface area contributed by atoms with Crippen LogP contribution in [-0.4, -0.2) is 6.61 Å². The van der Waals surface area contributed by atoms with Crippen LogP contribution < -0.4 is 4.74 Å². The highest BCUT2D eigenvalue weighted by molar-refractivity contribution is 6.32. The monoisotopic (exact) mass is 314 g/mol. The van der Waals surface area contributed by atoms with Gasteiger partial charge >= 0.3 is 19.0 Å². The van der Waals surface area contributed by atoms with Crippen LogP contribution in [0, 0.1) is 0 Å². The van der Waals surface area contributed by atoms with Crippen molar-refractivity contribution in [3.8, 4) is 5.75 Å². The maximum atomic E-state index is 12.5. The lowest BCUT2D eigenvalue weighted by molar-refractivity contribution is -0.145. The Morgan fingerprint density at radius 2 is 1.47 bits per heavy atom. The fraction of sp³-hybridized carbons (Fsp3) is 0.333. The standard InChI is InChI=1S/C9H3ClF8O/c10-5-2-3(8(13,14)15)1-4(9(16,17)18)6(5)19-7(11)12/h1-2,7H. The van der Waals surface area contributed by atoms with E-state index < -0.39 is 40.9 Å². The number of halogens is 9. The van der Waals surface area contributed by atoms with E-state index in [0.29, 0.717) is 0 Å². The Bertz CT molecular complexity index is 465. The minimum absolute atomic E-state index is 0.0779. The van der Waals surface area contributed by atoms with Gasteiger partial charge in [-0.3, -0.25) is 0 Å². The lowest BCUT2D eigenvalue weighted by Gasteiger charge is -2.17. The molecule has 0 atom stereocenters. The summed E-state index contributed by atoms with van der Waals surface area (Å²) in [6.45, 7) is -3.66. The van der Waals surface area contributed by atoms with Gasteiger partial charge in [-0.25, -0.2) is 0 Å². The molecular weight excluding hydrogens is 312 g/mol. The fourth-order valence-corrected chi connectivity index (χ4v) is 1.44. The molecule has 0 radical (unpaired) electrons. The Labute approximate surface area is 105 Å². The average molecular weight is 315 g/mol. The zero-order valence-electron chi connectivity index (χ0n) is 8.54. The third kappa shape index (κ3) is 3.85. The molecule has 0 aliphatic rings. The lowest BCUT2D eigenvalue weighted by Crippen LogP contribution is -2.15. The fourth-order valence-electron chi connectivity index (χ4n) is 1.18. The van der Waals surface area contributed by atoms with E-state index in [4.69, 9.17) is 11.6 Å². The van der Waals surface area contributed by atoms with Gasteiger partial charge in [0.15, 0.2) is 5.75 Å². The highest BCUT2D eigenvalue weighted by atomic mass is 35.5. The molecule has 1 nitrogen and oxygen atoms in total. The maximum Gasteiger partial charge on any atom is 0.420 e. The third-order valence-electron chi connectivity index (χ3n) is 1.88. The quantitative estimate of drug-likeness (QED) is 0.700. The number of hydrogen-bond donors (Lipinski definition) is 0. The van der Waals surface area contributed by atoms with Gasteiger partial charge in [0, 0.05) is 0 Å². The van der Waals surface area contributed by atoms with E-state index in [0.717, 1.165) is 0 Å². The molecule has 0 aliphatic heterocycles. The average Bonchev–Trinajstić information content (AvgIpc) is 2.16. The van der Waals surface area contributed by atoms with Crippen LogP contribution in [-0.2, 0) is 12.4 Å². The second kappa shape index (κ2) is 5.03. The molecule has 0 saturated carbocycles. The van der Waals surface area contributed by atoms with E-state index in [1.165, 1.54) is 0 Å².